The molecule has 5 heteroatoms. The molecule has 0 bridgehead atoms. The van der Waals surface area contributed by atoms with E-state index in [4.69, 9.17) is 11.6 Å². The van der Waals surface area contributed by atoms with Crippen molar-refractivity contribution in [1.82, 2.24) is 4.98 Å². The molecule has 2 rings (SSSR count). The Labute approximate surface area is 108 Å². The molecule has 0 radical (unpaired) electrons. The van der Waals surface area contributed by atoms with E-state index in [-0.39, 0.29) is 9.90 Å². The molecule has 0 unspecified atom stereocenters. The lowest BCUT2D eigenvalue weighted by atomic mass is 10.2. The molecule has 1 aromatic carbocycles. The molecule has 0 amide bonds. The predicted octanol–water partition coefficient (Wildman–Crippen LogP) is 2.89. The summed E-state index contributed by atoms with van der Waals surface area (Å²) in [6.45, 7) is 0. The van der Waals surface area contributed by atoms with Crippen LogP contribution >= 0.6 is 22.9 Å². The van der Waals surface area contributed by atoms with Crippen LogP contribution in [0.4, 0.5) is 5.69 Å². The van der Waals surface area contributed by atoms with Crippen LogP contribution in [0.25, 0.3) is 10.6 Å². The predicted molar refractivity (Wildman–Crippen MR) is 73.2 cm³/mol. The van der Waals surface area contributed by atoms with Crippen molar-refractivity contribution in [3.63, 3.8) is 0 Å². The standard InChI is InChI=1S/C12H11ClN2OS/c1-15(2)9-5-3-8(4-6-9)12-14-10(13)7-11(16)17-12/h3-7H,1-2H3. The fourth-order valence-electron chi connectivity index (χ4n) is 1.40. The minimum absolute atomic E-state index is 0.0864. The highest BCUT2D eigenvalue weighted by atomic mass is 35.5. The van der Waals surface area contributed by atoms with E-state index < -0.39 is 0 Å². The Kier molecular flexibility index (Phi) is 3.45. The van der Waals surface area contributed by atoms with Crippen LogP contribution in [0.3, 0.4) is 0 Å². The number of nitrogens with zero attached hydrogens (tertiary/aromatic N) is 2. The van der Waals surface area contributed by atoms with Crippen LogP contribution in [0, 0.1) is 0 Å². The Morgan fingerprint density at radius 3 is 2.41 bits per heavy atom. The topological polar surface area (TPSA) is 33.2 Å². The Bertz CT molecular complexity index is 578. The van der Waals surface area contributed by atoms with Gasteiger partial charge < -0.3 is 4.90 Å². The first-order valence-electron chi connectivity index (χ1n) is 5.02. The number of benzene rings is 1. The van der Waals surface area contributed by atoms with Crippen molar-refractivity contribution in [3.05, 3.63) is 45.0 Å². The minimum atomic E-state index is -0.0864. The number of hydrogen-bond acceptors (Lipinski definition) is 4. The third-order valence-electron chi connectivity index (χ3n) is 2.27. The average Bonchev–Trinajstić information content (AvgIpc) is 2.28. The van der Waals surface area contributed by atoms with Gasteiger partial charge in [-0.2, -0.15) is 0 Å². The smallest absolute Gasteiger partial charge is 0.237 e. The molecule has 0 saturated heterocycles. The van der Waals surface area contributed by atoms with Gasteiger partial charge in [-0.3, -0.25) is 4.79 Å². The summed E-state index contributed by atoms with van der Waals surface area (Å²) in [6, 6.07) is 9.15. The summed E-state index contributed by atoms with van der Waals surface area (Å²) >= 11 is 6.86. The van der Waals surface area contributed by atoms with E-state index in [0.717, 1.165) is 22.6 Å². The van der Waals surface area contributed by atoms with Gasteiger partial charge in [0.05, 0.1) is 0 Å². The summed E-state index contributed by atoms with van der Waals surface area (Å²) in [7, 11) is 3.95. The van der Waals surface area contributed by atoms with Gasteiger partial charge in [0.15, 0.2) is 0 Å². The fourth-order valence-corrected chi connectivity index (χ4v) is 2.46. The van der Waals surface area contributed by atoms with E-state index in [9.17, 15) is 4.79 Å². The number of rotatable bonds is 2. The van der Waals surface area contributed by atoms with Gasteiger partial charge in [-0.15, -0.1) is 0 Å². The molecule has 0 aliphatic carbocycles. The number of anilines is 1. The lowest BCUT2D eigenvalue weighted by Gasteiger charge is -2.12. The summed E-state index contributed by atoms with van der Waals surface area (Å²) in [5, 5.41) is 0.883. The summed E-state index contributed by atoms with van der Waals surface area (Å²) in [6.07, 6.45) is 0. The zero-order valence-corrected chi connectivity index (χ0v) is 11.0. The SMILES string of the molecule is CN(C)c1ccc(-c2nc(Cl)cc(=O)s2)cc1. The van der Waals surface area contributed by atoms with Crippen LogP contribution in [-0.4, -0.2) is 19.1 Å². The van der Waals surface area contributed by atoms with Gasteiger partial charge in [0.25, 0.3) is 0 Å². The van der Waals surface area contributed by atoms with Crippen molar-refractivity contribution >= 4 is 28.6 Å². The lowest BCUT2D eigenvalue weighted by Crippen LogP contribution is -2.07. The maximum Gasteiger partial charge on any atom is 0.237 e. The van der Waals surface area contributed by atoms with Crippen molar-refractivity contribution in [3.8, 4) is 10.6 Å². The molecule has 0 fully saturated rings. The van der Waals surface area contributed by atoms with Crippen LogP contribution < -0.4 is 9.64 Å². The van der Waals surface area contributed by atoms with E-state index in [1.165, 1.54) is 6.07 Å². The highest BCUT2D eigenvalue weighted by Gasteiger charge is 2.04. The Hall–Kier alpha value is -1.39. The molecular formula is C12H11ClN2OS. The van der Waals surface area contributed by atoms with E-state index >= 15 is 0 Å². The zero-order valence-electron chi connectivity index (χ0n) is 9.48. The van der Waals surface area contributed by atoms with Crippen molar-refractivity contribution in [2.24, 2.45) is 0 Å². The summed E-state index contributed by atoms with van der Waals surface area (Å²) in [4.78, 5) is 17.5. The van der Waals surface area contributed by atoms with Crippen LogP contribution in [0.15, 0.2) is 35.1 Å². The van der Waals surface area contributed by atoms with Gasteiger partial charge in [0.2, 0.25) is 4.74 Å². The van der Waals surface area contributed by atoms with Gasteiger partial charge in [0, 0.05) is 31.4 Å². The monoisotopic (exact) mass is 266 g/mol. The third kappa shape index (κ3) is 2.84. The van der Waals surface area contributed by atoms with Crippen molar-refractivity contribution in [1.29, 1.82) is 0 Å². The normalized spacial score (nSPS) is 10.3. The number of hydrogen-bond donors (Lipinski definition) is 0. The molecule has 0 aliphatic rings. The van der Waals surface area contributed by atoms with Gasteiger partial charge in [0.1, 0.15) is 10.2 Å². The molecule has 0 saturated carbocycles. The van der Waals surface area contributed by atoms with Crippen LogP contribution in [0.2, 0.25) is 5.15 Å². The van der Waals surface area contributed by atoms with Gasteiger partial charge in [-0.1, -0.05) is 22.9 Å². The Morgan fingerprint density at radius 1 is 1.24 bits per heavy atom. The van der Waals surface area contributed by atoms with Crippen molar-refractivity contribution < 1.29 is 0 Å². The molecule has 1 aromatic heterocycles. The van der Waals surface area contributed by atoms with Crippen LogP contribution in [0.5, 0.6) is 0 Å². The highest BCUT2D eigenvalue weighted by Crippen LogP contribution is 2.23. The zero-order chi connectivity index (χ0) is 12.4. The quantitative estimate of drug-likeness (QED) is 0.838. The first kappa shape index (κ1) is 12.1. The van der Waals surface area contributed by atoms with Gasteiger partial charge >= 0.3 is 0 Å². The minimum Gasteiger partial charge on any atom is -0.378 e. The second kappa shape index (κ2) is 4.85. The molecule has 88 valence electrons. The van der Waals surface area contributed by atoms with Crippen LogP contribution in [-0.2, 0) is 0 Å². The van der Waals surface area contributed by atoms with Gasteiger partial charge in [-0.25, -0.2) is 4.98 Å². The fraction of sp³-hybridized carbons (Fsp3) is 0.167. The average molecular weight is 267 g/mol. The van der Waals surface area contributed by atoms with E-state index in [2.05, 4.69) is 4.98 Å². The summed E-state index contributed by atoms with van der Waals surface area (Å²) in [5.74, 6) is 0. The summed E-state index contributed by atoms with van der Waals surface area (Å²) in [5.41, 5.74) is 2.00. The van der Waals surface area contributed by atoms with Gasteiger partial charge in [-0.05, 0) is 24.3 Å². The second-order valence-corrected chi connectivity index (χ2v) is 5.13. The molecule has 1 heterocycles. The molecule has 0 atom stereocenters. The van der Waals surface area contributed by atoms with E-state index in [0.29, 0.717) is 5.01 Å². The maximum atomic E-state index is 11.3. The second-order valence-electron chi connectivity index (χ2n) is 3.75. The molecule has 17 heavy (non-hydrogen) atoms. The number of halogens is 1. The third-order valence-corrected chi connectivity index (χ3v) is 3.31. The van der Waals surface area contributed by atoms with Crippen LogP contribution in [0.1, 0.15) is 0 Å². The highest BCUT2D eigenvalue weighted by molar-refractivity contribution is 7.12. The maximum absolute atomic E-state index is 11.3. The largest absolute Gasteiger partial charge is 0.378 e. The Morgan fingerprint density at radius 2 is 1.88 bits per heavy atom. The first-order valence-corrected chi connectivity index (χ1v) is 6.21. The van der Waals surface area contributed by atoms with E-state index in [1.54, 1.807) is 0 Å². The van der Waals surface area contributed by atoms with E-state index in [1.807, 2.05) is 43.3 Å². The molecular weight excluding hydrogens is 256 g/mol. The molecule has 3 nitrogen and oxygen atoms in total. The molecule has 0 N–H and O–H groups in total. The first-order chi connectivity index (χ1) is 8.06. The van der Waals surface area contributed by atoms with Crippen molar-refractivity contribution in [2.45, 2.75) is 0 Å². The summed E-state index contributed by atoms with van der Waals surface area (Å²) < 4.78 is -0.0864. The lowest BCUT2D eigenvalue weighted by molar-refractivity contribution is 1.13. The molecule has 2 aromatic rings. The molecule has 0 spiro atoms. The van der Waals surface area contributed by atoms with Crippen molar-refractivity contribution in [2.75, 3.05) is 19.0 Å². The molecule has 0 aliphatic heterocycles. The number of aromatic nitrogens is 1. The Balaban J connectivity index is 2.43.